The lowest BCUT2D eigenvalue weighted by Crippen LogP contribution is -2.49. The highest BCUT2D eigenvalue weighted by atomic mass is 35.5. The molecule has 180 valence electrons. The summed E-state index contributed by atoms with van der Waals surface area (Å²) in [5, 5.41) is 3.54. The summed E-state index contributed by atoms with van der Waals surface area (Å²) in [4.78, 5) is 29.0. The summed E-state index contributed by atoms with van der Waals surface area (Å²) >= 11 is 6.12. The average molecular weight is 488 g/mol. The van der Waals surface area contributed by atoms with Crippen molar-refractivity contribution in [2.45, 2.75) is 19.5 Å². The van der Waals surface area contributed by atoms with E-state index in [1.54, 1.807) is 4.90 Å². The van der Waals surface area contributed by atoms with E-state index >= 15 is 0 Å². The van der Waals surface area contributed by atoms with Crippen LogP contribution in [0.5, 0.6) is 0 Å². The third-order valence-corrected chi connectivity index (χ3v) is 6.51. The molecule has 2 amide bonds. The largest absolute Gasteiger partial charge is 0.348 e. The molecule has 0 aliphatic carbocycles. The van der Waals surface area contributed by atoms with Crippen molar-refractivity contribution in [3.05, 3.63) is 118 Å². The minimum absolute atomic E-state index is 0.0915. The number of amides is 2. The Balaban J connectivity index is 1.33. The number of rotatable bonds is 7. The second-order valence-electron chi connectivity index (χ2n) is 8.76. The average Bonchev–Trinajstić information content (AvgIpc) is 2.89. The van der Waals surface area contributed by atoms with Gasteiger partial charge in [-0.1, -0.05) is 83.9 Å². The van der Waals surface area contributed by atoms with Crippen molar-refractivity contribution in [1.82, 2.24) is 15.1 Å². The minimum Gasteiger partial charge on any atom is -0.348 e. The number of benzene rings is 3. The molecule has 1 aliphatic rings. The third-order valence-electron chi connectivity index (χ3n) is 6.26. The van der Waals surface area contributed by atoms with Gasteiger partial charge in [-0.25, -0.2) is 0 Å². The van der Waals surface area contributed by atoms with Gasteiger partial charge in [0.15, 0.2) is 0 Å². The molecule has 0 aromatic heterocycles. The molecule has 1 saturated heterocycles. The number of carbonyl (C=O) groups excluding carboxylic acids is 2. The molecule has 6 heteroatoms. The normalized spacial score (nSPS) is 15.2. The maximum Gasteiger partial charge on any atom is 0.246 e. The van der Waals surface area contributed by atoms with Gasteiger partial charge >= 0.3 is 0 Å². The Morgan fingerprint density at radius 1 is 0.857 bits per heavy atom. The zero-order valence-corrected chi connectivity index (χ0v) is 20.6. The Morgan fingerprint density at radius 3 is 2.14 bits per heavy atom. The molecular weight excluding hydrogens is 458 g/mol. The van der Waals surface area contributed by atoms with Crippen LogP contribution < -0.4 is 5.32 Å². The summed E-state index contributed by atoms with van der Waals surface area (Å²) in [5.41, 5.74) is 4.58. The number of hydrogen-bond donors (Lipinski definition) is 1. The molecule has 1 unspecified atom stereocenters. The Hall–Kier alpha value is -3.41. The van der Waals surface area contributed by atoms with Crippen molar-refractivity contribution >= 4 is 23.4 Å². The molecule has 0 radical (unpaired) electrons. The van der Waals surface area contributed by atoms with Gasteiger partial charge < -0.3 is 10.2 Å². The van der Waals surface area contributed by atoms with E-state index in [-0.39, 0.29) is 17.9 Å². The third kappa shape index (κ3) is 6.81. The first-order valence-electron chi connectivity index (χ1n) is 11.8. The van der Waals surface area contributed by atoms with Crippen LogP contribution in [-0.2, 0) is 16.1 Å². The zero-order chi connectivity index (χ0) is 24.6. The molecular formula is C29H30ClN3O2. The molecule has 0 saturated carbocycles. The molecule has 1 fully saturated rings. The molecule has 1 N–H and O–H groups in total. The van der Waals surface area contributed by atoms with Gasteiger partial charge in [0.25, 0.3) is 0 Å². The maximum absolute atomic E-state index is 12.7. The van der Waals surface area contributed by atoms with Crippen LogP contribution in [0, 0.1) is 6.92 Å². The van der Waals surface area contributed by atoms with Crippen LogP contribution in [0.1, 0.15) is 28.3 Å². The summed E-state index contributed by atoms with van der Waals surface area (Å²) in [5.74, 6) is -0.415. The van der Waals surface area contributed by atoms with E-state index < -0.39 is 0 Å². The molecule has 0 spiro atoms. The van der Waals surface area contributed by atoms with Gasteiger partial charge in [-0.2, -0.15) is 0 Å². The van der Waals surface area contributed by atoms with Gasteiger partial charge in [0.05, 0.1) is 6.04 Å². The van der Waals surface area contributed by atoms with Crippen LogP contribution in [-0.4, -0.2) is 47.8 Å². The summed E-state index contributed by atoms with van der Waals surface area (Å²) in [6.45, 7) is 5.14. The molecule has 4 rings (SSSR count). The minimum atomic E-state index is -0.274. The highest BCUT2D eigenvalue weighted by Crippen LogP contribution is 2.30. The van der Waals surface area contributed by atoms with Gasteiger partial charge in [-0.15, -0.1) is 0 Å². The summed E-state index contributed by atoms with van der Waals surface area (Å²) in [6.07, 6.45) is 2.69. The molecule has 3 aromatic carbocycles. The lowest BCUT2D eigenvalue weighted by Gasteiger charge is -2.39. The van der Waals surface area contributed by atoms with Crippen molar-refractivity contribution < 1.29 is 9.59 Å². The van der Waals surface area contributed by atoms with E-state index in [0.717, 1.165) is 18.7 Å². The summed E-state index contributed by atoms with van der Waals surface area (Å²) in [7, 11) is 0. The zero-order valence-electron chi connectivity index (χ0n) is 19.9. The lowest BCUT2D eigenvalue weighted by atomic mass is 9.96. The van der Waals surface area contributed by atoms with E-state index in [1.165, 1.54) is 28.8 Å². The molecule has 0 bridgehead atoms. The monoisotopic (exact) mass is 487 g/mol. The van der Waals surface area contributed by atoms with Gasteiger partial charge in [-0.05, 0) is 35.7 Å². The van der Waals surface area contributed by atoms with Crippen molar-refractivity contribution in [2.75, 3.05) is 26.2 Å². The second kappa shape index (κ2) is 11.8. The predicted molar refractivity (Wildman–Crippen MR) is 140 cm³/mol. The SMILES string of the molecule is Cc1ccc(CNC(=O)/C=C\C(=O)N2CCN(C(c3ccccc3)c3ccc(Cl)cc3)CC2)cc1. The maximum atomic E-state index is 12.7. The summed E-state index contributed by atoms with van der Waals surface area (Å²) in [6, 6.07) is 26.4. The molecule has 5 nitrogen and oxygen atoms in total. The first kappa shape index (κ1) is 24.7. The van der Waals surface area contributed by atoms with Gasteiger partial charge in [0.1, 0.15) is 0 Å². The van der Waals surface area contributed by atoms with Crippen LogP contribution >= 0.6 is 11.6 Å². The first-order valence-corrected chi connectivity index (χ1v) is 12.2. The number of piperazine rings is 1. The van der Waals surface area contributed by atoms with Crippen LogP contribution in [0.25, 0.3) is 0 Å². The van der Waals surface area contributed by atoms with Crippen LogP contribution in [0.4, 0.5) is 0 Å². The topological polar surface area (TPSA) is 52.7 Å². The van der Waals surface area contributed by atoms with Gasteiger partial charge in [0.2, 0.25) is 11.8 Å². The Labute approximate surface area is 212 Å². The number of halogens is 1. The van der Waals surface area contributed by atoms with E-state index in [0.29, 0.717) is 24.7 Å². The number of hydrogen-bond acceptors (Lipinski definition) is 3. The fourth-order valence-electron chi connectivity index (χ4n) is 4.30. The van der Waals surface area contributed by atoms with Gasteiger partial charge in [0, 0.05) is 49.9 Å². The Bertz CT molecular complexity index is 1150. The van der Waals surface area contributed by atoms with Crippen molar-refractivity contribution in [2.24, 2.45) is 0 Å². The fourth-order valence-corrected chi connectivity index (χ4v) is 4.43. The Kier molecular flexibility index (Phi) is 8.35. The van der Waals surface area contributed by atoms with E-state index in [9.17, 15) is 9.59 Å². The van der Waals surface area contributed by atoms with E-state index in [2.05, 4.69) is 34.5 Å². The van der Waals surface area contributed by atoms with E-state index in [4.69, 9.17) is 11.6 Å². The number of carbonyl (C=O) groups is 2. The van der Waals surface area contributed by atoms with Crippen LogP contribution in [0.15, 0.2) is 91.0 Å². The van der Waals surface area contributed by atoms with Crippen molar-refractivity contribution in [1.29, 1.82) is 0 Å². The van der Waals surface area contributed by atoms with E-state index in [1.807, 2.05) is 61.5 Å². The Morgan fingerprint density at radius 2 is 1.49 bits per heavy atom. The van der Waals surface area contributed by atoms with Crippen LogP contribution in [0.2, 0.25) is 5.02 Å². The first-order chi connectivity index (χ1) is 17.0. The fraction of sp³-hybridized carbons (Fsp3) is 0.241. The highest BCUT2D eigenvalue weighted by molar-refractivity contribution is 6.30. The number of nitrogens with one attached hydrogen (secondary N) is 1. The second-order valence-corrected chi connectivity index (χ2v) is 9.20. The molecule has 1 heterocycles. The van der Waals surface area contributed by atoms with Gasteiger partial charge in [-0.3, -0.25) is 14.5 Å². The smallest absolute Gasteiger partial charge is 0.246 e. The number of nitrogens with zero attached hydrogens (tertiary/aromatic N) is 2. The van der Waals surface area contributed by atoms with Crippen LogP contribution in [0.3, 0.4) is 0 Å². The predicted octanol–water partition coefficient (Wildman–Crippen LogP) is 4.75. The number of aryl methyl sites for hydroxylation is 1. The lowest BCUT2D eigenvalue weighted by molar-refractivity contribution is -0.128. The quantitative estimate of drug-likeness (QED) is 0.489. The van der Waals surface area contributed by atoms with Crippen molar-refractivity contribution in [3.63, 3.8) is 0 Å². The molecule has 1 atom stereocenters. The van der Waals surface area contributed by atoms with Crippen molar-refractivity contribution in [3.8, 4) is 0 Å². The molecule has 3 aromatic rings. The highest BCUT2D eigenvalue weighted by Gasteiger charge is 2.27. The molecule has 35 heavy (non-hydrogen) atoms. The summed E-state index contributed by atoms with van der Waals surface area (Å²) < 4.78 is 0. The molecule has 1 aliphatic heterocycles. The standard InChI is InChI=1S/C29H30ClN3O2/c1-22-7-9-23(10-8-22)21-31-27(34)15-16-28(35)32-17-19-33(20-18-32)29(24-5-3-2-4-6-24)25-11-13-26(30)14-12-25/h2-16,29H,17-21H2,1H3,(H,31,34)/b16-15-.